The molecule has 1 unspecified atom stereocenters. The number of hydrogen-bond donors (Lipinski definition) is 1. The van der Waals surface area contributed by atoms with Crippen LogP contribution in [0.15, 0.2) is 36.5 Å². The standard InChI is InChI=1S/C21H27N3O3/c1-14(2)19(16-7-5-4-6-8-16)20(25)23-11-9-17(10-12-23)24-15(3)18(13-22-24)21(26)27/h4-8,13-14,17,19H,9-12H2,1-3H3,(H,26,27). The summed E-state index contributed by atoms with van der Waals surface area (Å²) in [7, 11) is 0. The molecule has 27 heavy (non-hydrogen) atoms. The van der Waals surface area contributed by atoms with Gasteiger partial charge in [-0.3, -0.25) is 9.48 Å². The van der Waals surface area contributed by atoms with E-state index in [0.717, 1.165) is 18.4 Å². The molecule has 1 aliphatic heterocycles. The Morgan fingerprint density at radius 3 is 2.30 bits per heavy atom. The van der Waals surface area contributed by atoms with E-state index in [1.54, 1.807) is 6.92 Å². The first-order valence-corrected chi connectivity index (χ1v) is 9.51. The third-order valence-electron chi connectivity index (χ3n) is 5.49. The van der Waals surface area contributed by atoms with Gasteiger partial charge in [0.15, 0.2) is 0 Å². The Bertz CT molecular complexity index is 805. The average Bonchev–Trinajstić information content (AvgIpc) is 3.04. The zero-order chi connectivity index (χ0) is 19.6. The first-order chi connectivity index (χ1) is 12.9. The van der Waals surface area contributed by atoms with Gasteiger partial charge < -0.3 is 10.0 Å². The number of nitrogens with zero attached hydrogens (tertiary/aromatic N) is 3. The van der Waals surface area contributed by atoms with Crippen LogP contribution in [0.4, 0.5) is 0 Å². The molecular formula is C21H27N3O3. The summed E-state index contributed by atoms with van der Waals surface area (Å²) in [5.74, 6) is -0.677. The summed E-state index contributed by atoms with van der Waals surface area (Å²) in [6.07, 6.45) is 2.99. The molecule has 1 aromatic carbocycles. The van der Waals surface area contributed by atoms with Gasteiger partial charge in [0.25, 0.3) is 0 Å². The van der Waals surface area contributed by atoms with Crippen molar-refractivity contribution >= 4 is 11.9 Å². The number of carbonyl (C=O) groups excluding carboxylic acids is 1. The molecule has 3 rings (SSSR count). The number of carbonyl (C=O) groups is 2. The number of benzene rings is 1. The maximum Gasteiger partial charge on any atom is 0.339 e. The van der Waals surface area contributed by atoms with Crippen LogP contribution in [0.2, 0.25) is 0 Å². The second kappa shape index (κ2) is 7.94. The lowest BCUT2D eigenvalue weighted by Gasteiger charge is -2.35. The van der Waals surface area contributed by atoms with Gasteiger partial charge >= 0.3 is 5.97 Å². The van der Waals surface area contributed by atoms with E-state index in [-0.39, 0.29) is 29.3 Å². The smallest absolute Gasteiger partial charge is 0.339 e. The molecule has 0 aliphatic carbocycles. The molecule has 1 aliphatic rings. The van der Waals surface area contributed by atoms with Gasteiger partial charge in [-0.1, -0.05) is 44.2 Å². The molecule has 6 heteroatoms. The van der Waals surface area contributed by atoms with E-state index in [1.165, 1.54) is 6.20 Å². The van der Waals surface area contributed by atoms with Crippen molar-refractivity contribution in [1.82, 2.24) is 14.7 Å². The minimum Gasteiger partial charge on any atom is -0.478 e. The highest BCUT2D eigenvalue weighted by Crippen LogP contribution is 2.30. The Morgan fingerprint density at radius 1 is 1.15 bits per heavy atom. The number of aromatic carboxylic acids is 1. The van der Waals surface area contributed by atoms with E-state index in [0.29, 0.717) is 18.8 Å². The molecule has 0 radical (unpaired) electrons. The summed E-state index contributed by atoms with van der Waals surface area (Å²) in [6, 6.07) is 10.1. The van der Waals surface area contributed by atoms with Gasteiger partial charge in [0.05, 0.1) is 23.9 Å². The summed E-state index contributed by atoms with van der Waals surface area (Å²) in [6.45, 7) is 7.30. The Kier molecular flexibility index (Phi) is 5.63. The van der Waals surface area contributed by atoms with Crippen molar-refractivity contribution in [3.8, 4) is 0 Å². The maximum absolute atomic E-state index is 13.2. The van der Waals surface area contributed by atoms with Crippen LogP contribution in [0.1, 0.15) is 60.3 Å². The van der Waals surface area contributed by atoms with Crippen molar-refractivity contribution < 1.29 is 14.7 Å². The van der Waals surface area contributed by atoms with Crippen molar-refractivity contribution in [2.75, 3.05) is 13.1 Å². The number of piperidine rings is 1. The Balaban J connectivity index is 1.69. The van der Waals surface area contributed by atoms with Gasteiger partial charge in [0, 0.05) is 13.1 Å². The number of rotatable bonds is 5. The summed E-state index contributed by atoms with van der Waals surface area (Å²) < 4.78 is 1.81. The van der Waals surface area contributed by atoms with Gasteiger partial charge in [0.2, 0.25) is 5.91 Å². The number of likely N-dealkylation sites (tertiary alicyclic amines) is 1. The van der Waals surface area contributed by atoms with Gasteiger partial charge in [-0.25, -0.2) is 4.79 Å². The van der Waals surface area contributed by atoms with Crippen molar-refractivity contribution in [3.63, 3.8) is 0 Å². The van der Waals surface area contributed by atoms with Crippen molar-refractivity contribution in [3.05, 3.63) is 53.3 Å². The second-order valence-corrected chi connectivity index (χ2v) is 7.58. The van der Waals surface area contributed by atoms with Crippen LogP contribution in [-0.2, 0) is 4.79 Å². The molecular weight excluding hydrogens is 342 g/mol. The second-order valence-electron chi connectivity index (χ2n) is 7.58. The van der Waals surface area contributed by atoms with Gasteiger partial charge in [-0.15, -0.1) is 0 Å². The van der Waals surface area contributed by atoms with Crippen molar-refractivity contribution in [2.24, 2.45) is 5.92 Å². The molecule has 1 aromatic heterocycles. The normalized spacial score (nSPS) is 16.5. The highest BCUT2D eigenvalue weighted by molar-refractivity contribution is 5.88. The lowest BCUT2D eigenvalue weighted by Crippen LogP contribution is -2.42. The first kappa shape index (κ1) is 19.1. The van der Waals surface area contributed by atoms with Crippen LogP contribution in [0.25, 0.3) is 0 Å². The monoisotopic (exact) mass is 369 g/mol. The van der Waals surface area contributed by atoms with E-state index in [9.17, 15) is 14.7 Å². The predicted octanol–water partition coefficient (Wildman–Crippen LogP) is 3.49. The summed E-state index contributed by atoms with van der Waals surface area (Å²) >= 11 is 0. The van der Waals surface area contributed by atoms with Crippen LogP contribution in [0.3, 0.4) is 0 Å². The van der Waals surface area contributed by atoms with E-state index in [4.69, 9.17) is 0 Å². The lowest BCUT2D eigenvalue weighted by molar-refractivity contribution is -0.135. The highest BCUT2D eigenvalue weighted by Gasteiger charge is 2.32. The fraction of sp³-hybridized carbons (Fsp3) is 0.476. The molecule has 1 amide bonds. The molecule has 1 saturated heterocycles. The van der Waals surface area contributed by atoms with Crippen LogP contribution in [-0.4, -0.2) is 44.8 Å². The molecule has 1 fully saturated rings. The van der Waals surface area contributed by atoms with Crippen LogP contribution in [0.5, 0.6) is 0 Å². The number of aromatic nitrogens is 2. The molecule has 1 atom stereocenters. The molecule has 6 nitrogen and oxygen atoms in total. The van der Waals surface area contributed by atoms with E-state index in [1.807, 2.05) is 39.9 Å². The molecule has 0 spiro atoms. The minimum atomic E-state index is -0.950. The maximum atomic E-state index is 13.2. The highest BCUT2D eigenvalue weighted by atomic mass is 16.4. The number of carboxylic acid groups (broad SMARTS) is 1. The molecule has 144 valence electrons. The van der Waals surface area contributed by atoms with E-state index >= 15 is 0 Å². The lowest BCUT2D eigenvalue weighted by atomic mass is 9.86. The zero-order valence-electron chi connectivity index (χ0n) is 16.1. The van der Waals surface area contributed by atoms with E-state index in [2.05, 4.69) is 18.9 Å². The molecule has 0 saturated carbocycles. The number of carboxylic acids is 1. The van der Waals surface area contributed by atoms with Crippen LogP contribution < -0.4 is 0 Å². The number of amides is 1. The summed E-state index contributed by atoms with van der Waals surface area (Å²) in [5, 5.41) is 13.5. The van der Waals surface area contributed by atoms with Crippen LogP contribution in [0, 0.1) is 12.8 Å². The molecule has 1 N–H and O–H groups in total. The SMILES string of the molecule is Cc1c(C(=O)O)cnn1C1CCN(C(=O)C(c2ccccc2)C(C)C)CC1. The topological polar surface area (TPSA) is 75.4 Å². The van der Waals surface area contributed by atoms with Crippen molar-refractivity contribution in [1.29, 1.82) is 0 Å². The van der Waals surface area contributed by atoms with Crippen molar-refractivity contribution in [2.45, 2.75) is 45.6 Å². The minimum absolute atomic E-state index is 0.132. The van der Waals surface area contributed by atoms with E-state index < -0.39 is 5.97 Å². The Labute approximate surface area is 159 Å². The Morgan fingerprint density at radius 2 is 1.78 bits per heavy atom. The molecule has 0 bridgehead atoms. The van der Waals surface area contributed by atoms with Gasteiger partial charge in [-0.2, -0.15) is 5.10 Å². The van der Waals surface area contributed by atoms with Gasteiger partial charge in [0.1, 0.15) is 5.56 Å². The summed E-state index contributed by atoms with van der Waals surface area (Å²) in [4.78, 5) is 26.3. The largest absolute Gasteiger partial charge is 0.478 e. The quantitative estimate of drug-likeness (QED) is 0.875. The Hall–Kier alpha value is -2.63. The number of hydrogen-bond acceptors (Lipinski definition) is 3. The van der Waals surface area contributed by atoms with Gasteiger partial charge in [-0.05, 0) is 31.2 Å². The molecule has 2 heterocycles. The first-order valence-electron chi connectivity index (χ1n) is 9.51. The third-order valence-corrected chi connectivity index (χ3v) is 5.49. The fourth-order valence-corrected chi connectivity index (χ4v) is 4.00. The summed E-state index contributed by atoms with van der Waals surface area (Å²) in [5.41, 5.74) is 1.99. The predicted molar refractivity (Wildman–Crippen MR) is 103 cm³/mol. The third kappa shape index (κ3) is 3.89. The average molecular weight is 369 g/mol. The van der Waals surface area contributed by atoms with Crippen LogP contribution >= 0.6 is 0 Å². The fourth-order valence-electron chi connectivity index (χ4n) is 4.00. The zero-order valence-corrected chi connectivity index (χ0v) is 16.1. The molecule has 2 aromatic rings.